The first kappa shape index (κ1) is 27.2. The zero-order valence-electron chi connectivity index (χ0n) is 24.3. The maximum atomic E-state index is 6.47. The fourth-order valence-electron chi connectivity index (χ4n) is 5.00. The maximum Gasteiger partial charge on any atom is 0.144 e. The first-order chi connectivity index (χ1) is 19.1. The molecule has 1 aliphatic heterocycles. The minimum absolute atomic E-state index is 0.168. The van der Waals surface area contributed by atoms with E-state index in [1.165, 1.54) is 0 Å². The molecule has 11 heteroatoms. The Bertz CT molecular complexity index is 1510. The Morgan fingerprint density at radius 2 is 1.90 bits per heavy atom. The third kappa shape index (κ3) is 5.37. The molecule has 0 saturated heterocycles. The number of aromatic nitrogens is 5. The fourth-order valence-corrected chi connectivity index (χ4v) is 5.00. The molecule has 1 aromatic carbocycles. The monoisotopic (exact) mass is 542 g/mol. The number of ether oxygens (including phenoxy) is 1. The van der Waals surface area contributed by atoms with Gasteiger partial charge in [-0.15, -0.1) is 0 Å². The number of nitrogens with two attached hydrogens (primary N) is 1. The number of nitrogen functional groups attached to an aromatic ring is 1. The van der Waals surface area contributed by atoms with Crippen LogP contribution in [-0.2, 0) is 12.5 Å². The third-order valence-electron chi connectivity index (χ3n) is 7.19. The van der Waals surface area contributed by atoms with Crippen molar-refractivity contribution in [2.24, 2.45) is 7.05 Å². The highest BCUT2D eigenvalue weighted by Gasteiger charge is 2.38. The normalized spacial score (nSPS) is 13.9. The van der Waals surface area contributed by atoms with Gasteiger partial charge in [0.1, 0.15) is 23.7 Å². The lowest BCUT2D eigenvalue weighted by molar-refractivity contribution is 0.413. The summed E-state index contributed by atoms with van der Waals surface area (Å²) in [7, 11) is 9.70. The summed E-state index contributed by atoms with van der Waals surface area (Å²) < 4.78 is 7.51. The number of fused-ring (bicyclic) bond motifs is 1. The van der Waals surface area contributed by atoms with Gasteiger partial charge in [0, 0.05) is 63.0 Å². The lowest BCUT2D eigenvalue weighted by Gasteiger charge is -2.25. The fraction of sp³-hybridized carbons (Fsp3) is 0.379. The van der Waals surface area contributed by atoms with Crippen LogP contribution in [0.15, 0.2) is 49.1 Å². The van der Waals surface area contributed by atoms with Crippen LogP contribution in [0, 0.1) is 0 Å². The van der Waals surface area contributed by atoms with Crippen molar-refractivity contribution in [2.75, 3.05) is 68.7 Å². The van der Waals surface area contributed by atoms with Gasteiger partial charge in [-0.05, 0) is 32.3 Å². The summed E-state index contributed by atoms with van der Waals surface area (Å²) in [6.45, 7) is 6.91. The molecule has 0 amide bonds. The van der Waals surface area contributed by atoms with Crippen molar-refractivity contribution in [3.05, 3.63) is 54.7 Å². The number of aryl methyl sites for hydroxylation is 1. The maximum absolute atomic E-state index is 6.47. The molecule has 0 aliphatic carbocycles. The predicted octanol–water partition coefficient (Wildman–Crippen LogP) is 4.03. The molecule has 0 atom stereocenters. The second-order valence-electron chi connectivity index (χ2n) is 11.2. The van der Waals surface area contributed by atoms with Crippen molar-refractivity contribution in [3.63, 3.8) is 0 Å². The number of methoxy groups -OCH3 is 1. The summed E-state index contributed by atoms with van der Waals surface area (Å²) >= 11 is 0. The highest BCUT2D eigenvalue weighted by molar-refractivity contribution is 5.80. The van der Waals surface area contributed by atoms with Crippen molar-refractivity contribution in [1.82, 2.24) is 29.6 Å². The number of rotatable bonds is 9. The van der Waals surface area contributed by atoms with Crippen molar-refractivity contribution >= 4 is 34.4 Å². The van der Waals surface area contributed by atoms with Crippen molar-refractivity contribution < 1.29 is 4.74 Å². The van der Waals surface area contributed by atoms with Crippen LogP contribution in [0.4, 0.5) is 34.4 Å². The molecule has 4 aromatic rings. The molecular formula is C29H38N10O. The van der Waals surface area contributed by atoms with Crippen molar-refractivity contribution in [3.8, 4) is 17.0 Å². The molecule has 210 valence electrons. The van der Waals surface area contributed by atoms with Gasteiger partial charge < -0.3 is 30.5 Å². The smallest absolute Gasteiger partial charge is 0.144 e. The molecule has 0 radical (unpaired) electrons. The van der Waals surface area contributed by atoms with E-state index in [0.717, 1.165) is 59.5 Å². The number of nitrogens with zero attached hydrogens (tertiary/aromatic N) is 8. The lowest BCUT2D eigenvalue weighted by atomic mass is 9.91. The lowest BCUT2D eigenvalue weighted by Crippen LogP contribution is -2.29. The standard InChI is InChI=1S/C29H38N10O/c1-29(2)17-39(23-9-8-21(35-28(23)29)19-15-33-38(6)16-19)27-14-26(31-18-32-27)34-22-12-20(30)24(13-25(22)40-7)37(5)11-10-36(3)4/h8-9,12-16,18H,10-11,17,30H2,1-7H3,(H,31,32,34). The van der Waals surface area contributed by atoms with Crippen LogP contribution >= 0.6 is 0 Å². The number of pyridine rings is 1. The van der Waals surface area contributed by atoms with Crippen LogP contribution in [0.5, 0.6) is 5.75 Å². The van der Waals surface area contributed by atoms with Gasteiger partial charge >= 0.3 is 0 Å². The number of likely N-dealkylation sites (N-methyl/N-ethyl adjacent to an activating group) is 2. The van der Waals surface area contributed by atoms with Gasteiger partial charge in [-0.25, -0.2) is 15.0 Å². The van der Waals surface area contributed by atoms with Crippen LogP contribution < -0.4 is 25.6 Å². The number of hydrogen-bond donors (Lipinski definition) is 2. The molecule has 0 bridgehead atoms. The molecule has 1 aliphatic rings. The molecule has 0 saturated carbocycles. The Hall–Kier alpha value is -4.38. The minimum atomic E-state index is -0.168. The average molecular weight is 543 g/mol. The summed E-state index contributed by atoms with van der Waals surface area (Å²) in [5.41, 5.74) is 12.6. The molecule has 0 fully saturated rings. The zero-order chi connectivity index (χ0) is 28.6. The Balaban J connectivity index is 1.41. The highest BCUT2D eigenvalue weighted by atomic mass is 16.5. The van der Waals surface area contributed by atoms with Gasteiger partial charge in [0.25, 0.3) is 0 Å². The molecule has 40 heavy (non-hydrogen) atoms. The van der Waals surface area contributed by atoms with Crippen molar-refractivity contribution in [2.45, 2.75) is 19.3 Å². The molecular weight excluding hydrogens is 504 g/mol. The Labute approximate surface area is 235 Å². The Kier molecular flexibility index (Phi) is 7.24. The van der Waals surface area contributed by atoms with Gasteiger partial charge in [0.2, 0.25) is 0 Å². The van der Waals surface area contributed by atoms with E-state index in [2.05, 4.69) is 69.1 Å². The van der Waals surface area contributed by atoms with Crippen LogP contribution in [-0.4, -0.2) is 77.5 Å². The number of anilines is 6. The zero-order valence-corrected chi connectivity index (χ0v) is 24.3. The van der Waals surface area contributed by atoms with E-state index in [9.17, 15) is 0 Å². The Morgan fingerprint density at radius 3 is 2.60 bits per heavy atom. The van der Waals surface area contributed by atoms with E-state index >= 15 is 0 Å². The quantitative estimate of drug-likeness (QED) is 0.301. The molecule has 0 unspecified atom stereocenters. The second-order valence-corrected chi connectivity index (χ2v) is 11.2. The van der Waals surface area contributed by atoms with E-state index in [1.54, 1.807) is 18.1 Å². The molecule has 11 nitrogen and oxygen atoms in total. The molecule has 3 aromatic heterocycles. The van der Waals surface area contributed by atoms with Crippen LogP contribution in [0.2, 0.25) is 0 Å². The van der Waals surface area contributed by atoms with Crippen molar-refractivity contribution in [1.29, 1.82) is 0 Å². The number of nitrogens with one attached hydrogen (secondary N) is 1. The number of benzene rings is 1. The van der Waals surface area contributed by atoms with Crippen LogP contribution in [0.25, 0.3) is 11.3 Å². The van der Waals surface area contributed by atoms with Gasteiger partial charge in [-0.1, -0.05) is 13.8 Å². The molecule has 3 N–H and O–H groups in total. The average Bonchev–Trinajstić information content (AvgIpc) is 3.47. The van der Waals surface area contributed by atoms with E-state index < -0.39 is 0 Å². The van der Waals surface area contributed by atoms with Gasteiger partial charge in [-0.2, -0.15) is 5.10 Å². The van der Waals surface area contributed by atoms with Gasteiger partial charge in [0.15, 0.2) is 0 Å². The highest BCUT2D eigenvalue weighted by Crippen LogP contribution is 2.44. The summed E-state index contributed by atoms with van der Waals surface area (Å²) in [5.74, 6) is 2.11. The molecule has 5 rings (SSSR count). The Morgan fingerprint density at radius 1 is 1.10 bits per heavy atom. The van der Waals surface area contributed by atoms with Gasteiger partial charge in [-0.3, -0.25) is 4.68 Å². The topological polar surface area (TPSA) is 113 Å². The summed E-state index contributed by atoms with van der Waals surface area (Å²) in [6, 6.07) is 9.94. The minimum Gasteiger partial charge on any atom is -0.494 e. The predicted molar refractivity (Wildman–Crippen MR) is 161 cm³/mol. The summed E-state index contributed by atoms with van der Waals surface area (Å²) in [4.78, 5) is 20.6. The van der Waals surface area contributed by atoms with Crippen LogP contribution in [0.3, 0.4) is 0 Å². The molecule has 4 heterocycles. The first-order valence-corrected chi connectivity index (χ1v) is 13.3. The summed E-state index contributed by atoms with van der Waals surface area (Å²) in [5, 5.41) is 7.68. The SMILES string of the molecule is COc1cc(N(C)CCN(C)C)c(N)cc1Nc1cc(N2CC(C)(C)c3nc(-c4cnn(C)c4)ccc32)ncn1. The van der Waals surface area contributed by atoms with E-state index in [4.69, 9.17) is 15.5 Å². The third-order valence-corrected chi connectivity index (χ3v) is 7.19. The second kappa shape index (κ2) is 10.6. The number of hydrogen-bond acceptors (Lipinski definition) is 10. The van der Waals surface area contributed by atoms with E-state index in [1.807, 2.05) is 50.8 Å². The summed E-state index contributed by atoms with van der Waals surface area (Å²) in [6.07, 6.45) is 5.39. The van der Waals surface area contributed by atoms with E-state index in [-0.39, 0.29) is 5.41 Å². The van der Waals surface area contributed by atoms with E-state index in [0.29, 0.717) is 17.3 Å². The molecule has 0 spiro atoms. The largest absolute Gasteiger partial charge is 0.494 e. The first-order valence-electron chi connectivity index (χ1n) is 13.3. The van der Waals surface area contributed by atoms with Crippen LogP contribution in [0.1, 0.15) is 19.5 Å². The van der Waals surface area contributed by atoms with Gasteiger partial charge in [0.05, 0.1) is 47.4 Å².